The Kier molecular flexibility index (Phi) is 5.92. The molecule has 0 bridgehead atoms. The van der Waals surface area contributed by atoms with Crippen molar-refractivity contribution in [3.05, 3.63) is 65.5 Å². The lowest BCUT2D eigenvalue weighted by molar-refractivity contribution is -0.121. The van der Waals surface area contributed by atoms with Crippen molar-refractivity contribution < 1.29 is 17.6 Å². The number of carbonyl (C=O) groups excluding carboxylic acids is 1. The molecule has 1 saturated carbocycles. The fraction of sp³-hybridized carbons (Fsp3) is 0.350. The number of rotatable bonds is 8. The first kappa shape index (κ1) is 19.5. The van der Waals surface area contributed by atoms with Crippen molar-refractivity contribution in [2.75, 3.05) is 0 Å². The van der Waals surface area contributed by atoms with Gasteiger partial charge in [-0.3, -0.25) is 4.79 Å². The molecule has 0 heterocycles. The standard InChI is InChI=1S/C20H23FN2O3S/c1-14(16-3-2-4-17(21)13-16)22-20(24)12-7-15-5-10-19(11-6-15)27(25,26)23-18-8-9-18/h2-6,10-11,13-14,18,23H,7-9,12H2,1H3,(H,22,24)/t14-/m1/s1. The van der Waals surface area contributed by atoms with Gasteiger partial charge in [0.1, 0.15) is 5.82 Å². The molecule has 0 aliphatic heterocycles. The first-order chi connectivity index (χ1) is 12.8. The van der Waals surface area contributed by atoms with E-state index < -0.39 is 10.0 Å². The average Bonchev–Trinajstić information content (AvgIpc) is 3.43. The van der Waals surface area contributed by atoms with E-state index in [1.54, 1.807) is 43.3 Å². The number of halogens is 1. The molecular formula is C20H23FN2O3S. The Morgan fingerprint density at radius 3 is 2.52 bits per heavy atom. The van der Waals surface area contributed by atoms with Gasteiger partial charge in [-0.15, -0.1) is 0 Å². The van der Waals surface area contributed by atoms with Gasteiger partial charge >= 0.3 is 0 Å². The summed E-state index contributed by atoms with van der Waals surface area (Å²) in [6.07, 6.45) is 2.55. The van der Waals surface area contributed by atoms with E-state index in [2.05, 4.69) is 10.0 Å². The molecule has 2 aromatic rings. The molecular weight excluding hydrogens is 367 g/mol. The van der Waals surface area contributed by atoms with Crippen molar-refractivity contribution in [1.82, 2.24) is 10.0 Å². The van der Waals surface area contributed by atoms with Crippen LogP contribution in [0.15, 0.2) is 53.4 Å². The molecule has 7 heteroatoms. The van der Waals surface area contributed by atoms with Crippen LogP contribution in [0, 0.1) is 5.82 Å². The molecule has 1 amide bonds. The topological polar surface area (TPSA) is 75.3 Å². The summed E-state index contributed by atoms with van der Waals surface area (Å²) in [7, 11) is -3.46. The lowest BCUT2D eigenvalue weighted by Crippen LogP contribution is -2.27. The molecule has 1 aliphatic carbocycles. The summed E-state index contributed by atoms with van der Waals surface area (Å²) in [6, 6.07) is 12.5. The largest absolute Gasteiger partial charge is 0.350 e. The number of nitrogens with one attached hydrogen (secondary N) is 2. The summed E-state index contributed by atoms with van der Waals surface area (Å²) in [5, 5.41) is 2.85. The molecule has 1 aliphatic rings. The highest BCUT2D eigenvalue weighted by molar-refractivity contribution is 7.89. The van der Waals surface area contributed by atoms with Crippen LogP contribution >= 0.6 is 0 Å². The zero-order chi connectivity index (χ0) is 19.4. The summed E-state index contributed by atoms with van der Waals surface area (Å²) in [5.74, 6) is -0.473. The first-order valence-electron chi connectivity index (χ1n) is 8.99. The third kappa shape index (κ3) is 5.61. The van der Waals surface area contributed by atoms with E-state index >= 15 is 0 Å². The summed E-state index contributed by atoms with van der Waals surface area (Å²) in [4.78, 5) is 12.4. The van der Waals surface area contributed by atoms with Gasteiger partial charge in [0, 0.05) is 12.5 Å². The van der Waals surface area contributed by atoms with Crippen molar-refractivity contribution in [3.8, 4) is 0 Å². The zero-order valence-electron chi connectivity index (χ0n) is 15.1. The minimum absolute atomic E-state index is 0.0680. The van der Waals surface area contributed by atoms with Crippen LogP contribution in [0.25, 0.3) is 0 Å². The molecule has 1 atom stereocenters. The van der Waals surface area contributed by atoms with E-state index in [0.717, 1.165) is 18.4 Å². The van der Waals surface area contributed by atoms with Gasteiger partial charge in [0.25, 0.3) is 0 Å². The smallest absolute Gasteiger partial charge is 0.240 e. The second-order valence-corrected chi connectivity index (χ2v) is 8.60. The highest BCUT2D eigenvalue weighted by Crippen LogP contribution is 2.22. The lowest BCUT2D eigenvalue weighted by Gasteiger charge is -2.14. The number of benzene rings is 2. The molecule has 0 spiro atoms. The first-order valence-corrected chi connectivity index (χ1v) is 10.5. The second kappa shape index (κ2) is 8.19. The van der Waals surface area contributed by atoms with E-state index in [0.29, 0.717) is 12.0 Å². The van der Waals surface area contributed by atoms with Crippen LogP contribution in [-0.4, -0.2) is 20.4 Å². The van der Waals surface area contributed by atoms with Crippen molar-refractivity contribution in [3.63, 3.8) is 0 Å². The molecule has 2 N–H and O–H groups in total. The van der Waals surface area contributed by atoms with Gasteiger partial charge < -0.3 is 5.32 Å². The van der Waals surface area contributed by atoms with Crippen LogP contribution in [0.3, 0.4) is 0 Å². The summed E-state index contributed by atoms with van der Waals surface area (Å²) in [6.45, 7) is 1.80. The van der Waals surface area contributed by atoms with Crippen molar-refractivity contribution in [1.29, 1.82) is 0 Å². The van der Waals surface area contributed by atoms with Crippen LogP contribution < -0.4 is 10.0 Å². The third-order valence-corrected chi connectivity index (χ3v) is 6.04. The minimum atomic E-state index is -3.46. The maximum absolute atomic E-state index is 13.3. The Morgan fingerprint density at radius 2 is 1.89 bits per heavy atom. The number of amides is 1. The zero-order valence-corrected chi connectivity index (χ0v) is 15.9. The fourth-order valence-corrected chi connectivity index (χ4v) is 4.06. The SMILES string of the molecule is C[C@@H](NC(=O)CCc1ccc(S(=O)(=O)NC2CC2)cc1)c1cccc(F)c1. The third-order valence-electron chi connectivity index (χ3n) is 4.50. The minimum Gasteiger partial charge on any atom is -0.350 e. The summed E-state index contributed by atoms with van der Waals surface area (Å²) < 4.78 is 40.2. The van der Waals surface area contributed by atoms with Crippen LogP contribution in [0.2, 0.25) is 0 Å². The van der Waals surface area contributed by atoms with Crippen molar-refractivity contribution in [2.45, 2.75) is 49.6 Å². The molecule has 2 aromatic carbocycles. The molecule has 5 nitrogen and oxygen atoms in total. The Morgan fingerprint density at radius 1 is 1.19 bits per heavy atom. The lowest BCUT2D eigenvalue weighted by atomic mass is 10.1. The Hall–Kier alpha value is -2.25. The Labute approximate surface area is 159 Å². The summed E-state index contributed by atoms with van der Waals surface area (Å²) >= 11 is 0. The van der Waals surface area contributed by atoms with Gasteiger partial charge in [-0.1, -0.05) is 24.3 Å². The molecule has 3 rings (SSSR count). The molecule has 0 radical (unpaired) electrons. The predicted molar refractivity (Wildman–Crippen MR) is 101 cm³/mol. The number of hydrogen-bond acceptors (Lipinski definition) is 3. The van der Waals surface area contributed by atoms with Gasteiger partial charge in [0.2, 0.25) is 15.9 Å². The van der Waals surface area contributed by atoms with Gasteiger partial charge in [0.15, 0.2) is 0 Å². The molecule has 27 heavy (non-hydrogen) atoms. The van der Waals surface area contributed by atoms with Gasteiger partial charge in [-0.2, -0.15) is 0 Å². The van der Waals surface area contributed by atoms with Gasteiger partial charge in [-0.25, -0.2) is 17.5 Å². The van der Waals surface area contributed by atoms with E-state index in [-0.39, 0.29) is 35.1 Å². The van der Waals surface area contributed by atoms with Crippen LogP contribution in [-0.2, 0) is 21.2 Å². The second-order valence-electron chi connectivity index (χ2n) is 6.88. The van der Waals surface area contributed by atoms with E-state index in [9.17, 15) is 17.6 Å². The van der Waals surface area contributed by atoms with Gasteiger partial charge in [-0.05, 0) is 61.6 Å². The van der Waals surface area contributed by atoms with Crippen LogP contribution in [0.5, 0.6) is 0 Å². The molecule has 0 unspecified atom stereocenters. The number of hydrogen-bond donors (Lipinski definition) is 2. The highest BCUT2D eigenvalue weighted by atomic mass is 32.2. The maximum atomic E-state index is 13.3. The van der Waals surface area contributed by atoms with Crippen molar-refractivity contribution >= 4 is 15.9 Å². The predicted octanol–water partition coefficient (Wildman–Crippen LogP) is 3.08. The normalized spacial score (nSPS) is 15.3. The average molecular weight is 390 g/mol. The van der Waals surface area contributed by atoms with E-state index in [1.165, 1.54) is 12.1 Å². The summed E-state index contributed by atoms with van der Waals surface area (Å²) in [5.41, 5.74) is 1.59. The monoisotopic (exact) mass is 390 g/mol. The Balaban J connectivity index is 1.51. The van der Waals surface area contributed by atoms with E-state index in [4.69, 9.17) is 0 Å². The van der Waals surface area contributed by atoms with Crippen LogP contribution in [0.4, 0.5) is 4.39 Å². The van der Waals surface area contributed by atoms with Crippen molar-refractivity contribution in [2.24, 2.45) is 0 Å². The Bertz CT molecular complexity index is 909. The molecule has 1 fully saturated rings. The molecule has 144 valence electrons. The number of aryl methyl sites for hydroxylation is 1. The fourth-order valence-electron chi connectivity index (χ4n) is 2.75. The van der Waals surface area contributed by atoms with Gasteiger partial charge in [0.05, 0.1) is 10.9 Å². The van der Waals surface area contributed by atoms with Crippen LogP contribution in [0.1, 0.15) is 43.4 Å². The van der Waals surface area contributed by atoms with E-state index in [1.807, 2.05) is 0 Å². The maximum Gasteiger partial charge on any atom is 0.240 e. The molecule has 0 aromatic heterocycles. The number of sulfonamides is 1. The number of carbonyl (C=O) groups is 1. The molecule has 0 saturated heterocycles. The quantitative estimate of drug-likeness (QED) is 0.727. The highest BCUT2D eigenvalue weighted by Gasteiger charge is 2.27.